The number of rotatable bonds is 6. The number of hydrogen-bond donors (Lipinski definition) is 1. The normalized spacial score (nSPS) is 20.0. The molecule has 0 radical (unpaired) electrons. The topological polar surface area (TPSA) is 26.7 Å². The van der Waals surface area contributed by atoms with E-state index in [-0.39, 0.29) is 0 Å². The molecule has 0 aromatic rings. The molecule has 1 heterocycles. The first-order chi connectivity index (χ1) is 7.22. The molecule has 0 aromatic heterocycles. The van der Waals surface area contributed by atoms with Crippen LogP contribution < -0.4 is 0 Å². The summed E-state index contributed by atoms with van der Waals surface area (Å²) in [5, 5.41) is 8.83. The van der Waals surface area contributed by atoms with Crippen LogP contribution in [0.5, 0.6) is 0 Å². The zero-order valence-electron chi connectivity index (χ0n) is 10.3. The van der Waals surface area contributed by atoms with Gasteiger partial charge in [0.2, 0.25) is 0 Å². The lowest BCUT2D eigenvalue weighted by Gasteiger charge is -2.34. The van der Waals surface area contributed by atoms with Crippen LogP contribution in [0.15, 0.2) is 0 Å². The molecule has 3 nitrogen and oxygen atoms in total. The Morgan fingerprint density at radius 2 is 1.53 bits per heavy atom. The Morgan fingerprint density at radius 3 is 2.00 bits per heavy atom. The Kier molecular flexibility index (Phi) is 6.22. The van der Waals surface area contributed by atoms with Crippen LogP contribution in [-0.4, -0.2) is 60.8 Å². The minimum atomic E-state index is 0.299. The van der Waals surface area contributed by atoms with E-state index in [2.05, 4.69) is 23.6 Å². The van der Waals surface area contributed by atoms with Crippen LogP contribution >= 0.6 is 0 Å². The Bertz CT molecular complexity index is 154. The van der Waals surface area contributed by atoms with Gasteiger partial charge in [-0.25, -0.2) is 0 Å². The molecule has 0 spiro atoms. The van der Waals surface area contributed by atoms with Crippen molar-refractivity contribution in [2.45, 2.75) is 26.7 Å². The van der Waals surface area contributed by atoms with Crippen molar-refractivity contribution in [3.63, 3.8) is 0 Å². The smallest absolute Gasteiger partial charge is 0.0558 e. The number of β-amino-alcohol motifs (C(OH)–C–C–N with tert-alkyl or cyclic N) is 1. The summed E-state index contributed by atoms with van der Waals surface area (Å²) < 4.78 is 0. The summed E-state index contributed by atoms with van der Waals surface area (Å²) in [4.78, 5) is 4.90. The quantitative estimate of drug-likeness (QED) is 0.715. The second-order valence-corrected chi connectivity index (χ2v) is 4.94. The van der Waals surface area contributed by atoms with Gasteiger partial charge in [0.1, 0.15) is 0 Å². The molecule has 15 heavy (non-hydrogen) atoms. The summed E-state index contributed by atoms with van der Waals surface area (Å²) in [6.45, 7) is 11.6. The molecule has 0 atom stereocenters. The summed E-state index contributed by atoms with van der Waals surface area (Å²) >= 11 is 0. The Hall–Kier alpha value is -0.120. The minimum absolute atomic E-state index is 0.299. The predicted molar refractivity (Wildman–Crippen MR) is 64.0 cm³/mol. The van der Waals surface area contributed by atoms with Gasteiger partial charge in [0, 0.05) is 32.7 Å². The van der Waals surface area contributed by atoms with Crippen molar-refractivity contribution in [2.75, 3.05) is 45.9 Å². The van der Waals surface area contributed by atoms with Gasteiger partial charge < -0.3 is 10.0 Å². The van der Waals surface area contributed by atoms with Crippen molar-refractivity contribution < 1.29 is 5.11 Å². The van der Waals surface area contributed by atoms with Gasteiger partial charge in [-0.2, -0.15) is 0 Å². The van der Waals surface area contributed by atoms with E-state index < -0.39 is 0 Å². The molecule has 0 bridgehead atoms. The number of nitrogens with zero attached hydrogens (tertiary/aromatic N) is 2. The molecule has 0 saturated carbocycles. The average Bonchev–Trinajstić information content (AvgIpc) is 2.20. The van der Waals surface area contributed by atoms with E-state index >= 15 is 0 Å². The van der Waals surface area contributed by atoms with Crippen molar-refractivity contribution >= 4 is 0 Å². The molecule has 1 N–H and O–H groups in total. The fourth-order valence-corrected chi connectivity index (χ4v) is 2.10. The van der Waals surface area contributed by atoms with Crippen molar-refractivity contribution in [2.24, 2.45) is 5.92 Å². The van der Waals surface area contributed by atoms with E-state index in [1.165, 1.54) is 32.5 Å². The van der Waals surface area contributed by atoms with E-state index in [0.29, 0.717) is 6.61 Å². The third-order valence-electron chi connectivity index (χ3n) is 3.14. The highest BCUT2D eigenvalue weighted by atomic mass is 16.3. The van der Waals surface area contributed by atoms with Crippen LogP contribution in [0.25, 0.3) is 0 Å². The minimum Gasteiger partial charge on any atom is -0.395 e. The van der Waals surface area contributed by atoms with Gasteiger partial charge in [-0.15, -0.1) is 0 Å². The second kappa shape index (κ2) is 7.20. The fourth-order valence-electron chi connectivity index (χ4n) is 2.10. The molecule has 90 valence electrons. The van der Waals surface area contributed by atoms with E-state index in [4.69, 9.17) is 5.11 Å². The van der Waals surface area contributed by atoms with Crippen LogP contribution in [0.4, 0.5) is 0 Å². The van der Waals surface area contributed by atoms with Crippen LogP contribution in [0.1, 0.15) is 26.7 Å². The van der Waals surface area contributed by atoms with E-state index in [1.807, 2.05) is 0 Å². The number of hydrogen-bond acceptors (Lipinski definition) is 3. The Labute approximate surface area is 94.1 Å². The van der Waals surface area contributed by atoms with Gasteiger partial charge in [0.25, 0.3) is 0 Å². The Balaban J connectivity index is 2.04. The van der Waals surface area contributed by atoms with Gasteiger partial charge in [-0.1, -0.05) is 13.8 Å². The van der Waals surface area contributed by atoms with Crippen molar-refractivity contribution in [1.82, 2.24) is 9.80 Å². The molecule has 1 aliphatic heterocycles. The lowest BCUT2D eigenvalue weighted by Crippen LogP contribution is -2.47. The molecule has 3 heteroatoms. The summed E-state index contributed by atoms with van der Waals surface area (Å²) in [6.07, 6.45) is 2.68. The van der Waals surface area contributed by atoms with Gasteiger partial charge in [-0.05, 0) is 25.3 Å². The van der Waals surface area contributed by atoms with E-state index in [1.54, 1.807) is 0 Å². The summed E-state index contributed by atoms with van der Waals surface area (Å²) in [6, 6.07) is 0. The van der Waals surface area contributed by atoms with Crippen molar-refractivity contribution in [1.29, 1.82) is 0 Å². The molecule has 0 unspecified atom stereocenters. The maximum absolute atomic E-state index is 8.83. The second-order valence-electron chi connectivity index (χ2n) is 4.94. The third kappa shape index (κ3) is 5.50. The number of piperazine rings is 1. The molecular weight excluding hydrogens is 188 g/mol. The molecule has 1 saturated heterocycles. The largest absolute Gasteiger partial charge is 0.395 e. The first-order valence-electron chi connectivity index (χ1n) is 6.28. The standard InChI is InChI=1S/C12H26N2O/c1-12(2)4-3-5-13-6-8-14(9-7-13)10-11-15/h12,15H,3-11H2,1-2H3. The highest BCUT2D eigenvalue weighted by molar-refractivity contribution is 4.71. The van der Waals surface area contributed by atoms with Crippen LogP contribution in [0, 0.1) is 5.92 Å². The van der Waals surface area contributed by atoms with Crippen LogP contribution in [-0.2, 0) is 0 Å². The summed E-state index contributed by atoms with van der Waals surface area (Å²) in [5.41, 5.74) is 0. The highest BCUT2D eigenvalue weighted by Gasteiger charge is 2.15. The fraction of sp³-hybridized carbons (Fsp3) is 1.00. The van der Waals surface area contributed by atoms with Gasteiger partial charge in [0.05, 0.1) is 6.61 Å². The zero-order chi connectivity index (χ0) is 11.1. The summed E-state index contributed by atoms with van der Waals surface area (Å²) in [5.74, 6) is 0.834. The number of aliphatic hydroxyl groups excluding tert-OH is 1. The molecule has 0 aromatic carbocycles. The van der Waals surface area contributed by atoms with Gasteiger partial charge in [0.15, 0.2) is 0 Å². The van der Waals surface area contributed by atoms with E-state index in [9.17, 15) is 0 Å². The van der Waals surface area contributed by atoms with E-state index in [0.717, 1.165) is 25.6 Å². The SMILES string of the molecule is CC(C)CCCN1CCN(CCO)CC1. The lowest BCUT2D eigenvalue weighted by atomic mass is 10.1. The van der Waals surface area contributed by atoms with Crippen LogP contribution in [0.2, 0.25) is 0 Å². The summed E-state index contributed by atoms with van der Waals surface area (Å²) in [7, 11) is 0. The molecule has 0 aliphatic carbocycles. The Morgan fingerprint density at radius 1 is 1.00 bits per heavy atom. The maximum Gasteiger partial charge on any atom is 0.0558 e. The molecular formula is C12H26N2O. The van der Waals surface area contributed by atoms with Crippen molar-refractivity contribution in [3.8, 4) is 0 Å². The number of aliphatic hydroxyl groups is 1. The molecule has 1 rings (SSSR count). The van der Waals surface area contributed by atoms with Gasteiger partial charge in [-0.3, -0.25) is 4.90 Å². The molecule has 1 fully saturated rings. The maximum atomic E-state index is 8.83. The first-order valence-corrected chi connectivity index (χ1v) is 6.28. The monoisotopic (exact) mass is 214 g/mol. The molecule has 1 aliphatic rings. The highest BCUT2D eigenvalue weighted by Crippen LogP contribution is 2.07. The predicted octanol–water partition coefficient (Wildman–Crippen LogP) is 1.03. The van der Waals surface area contributed by atoms with Gasteiger partial charge >= 0.3 is 0 Å². The molecule has 0 amide bonds. The van der Waals surface area contributed by atoms with Crippen LogP contribution in [0.3, 0.4) is 0 Å². The van der Waals surface area contributed by atoms with Crippen molar-refractivity contribution in [3.05, 3.63) is 0 Å². The third-order valence-corrected chi connectivity index (χ3v) is 3.14. The zero-order valence-corrected chi connectivity index (χ0v) is 10.3. The first kappa shape index (κ1) is 12.9. The average molecular weight is 214 g/mol. The lowest BCUT2D eigenvalue weighted by molar-refractivity contribution is 0.111.